The standard InChI is InChI=1S/C24H21ClN2O4S2/c1-31-21-6-4-3-5-20(21)26-24(28)23-14-17-13-19(11-12-22(17)32-23)27(33(2,29)30)15-16-7-9-18(25)10-8-16/h3-14H,15H2,1-2H3,(H,26,28). The van der Waals surface area contributed by atoms with Gasteiger partial charge in [-0.1, -0.05) is 35.9 Å². The Kier molecular flexibility index (Phi) is 6.60. The normalized spacial score (nSPS) is 11.4. The summed E-state index contributed by atoms with van der Waals surface area (Å²) in [5, 5.41) is 4.24. The fourth-order valence-corrected chi connectivity index (χ4v) is 5.33. The van der Waals surface area contributed by atoms with E-state index in [2.05, 4.69) is 5.32 Å². The molecule has 0 aliphatic heterocycles. The number of para-hydroxylation sites is 2. The molecule has 0 spiro atoms. The third kappa shape index (κ3) is 5.30. The van der Waals surface area contributed by atoms with E-state index in [1.165, 1.54) is 21.9 Å². The SMILES string of the molecule is COc1ccccc1NC(=O)c1cc2cc(N(Cc3ccc(Cl)cc3)S(C)(=O)=O)ccc2s1. The lowest BCUT2D eigenvalue weighted by molar-refractivity contribution is 0.103. The third-order valence-electron chi connectivity index (χ3n) is 5.01. The van der Waals surface area contributed by atoms with Crippen LogP contribution in [-0.2, 0) is 16.6 Å². The number of fused-ring (bicyclic) bond motifs is 1. The van der Waals surface area contributed by atoms with Crippen molar-refractivity contribution in [1.29, 1.82) is 0 Å². The summed E-state index contributed by atoms with van der Waals surface area (Å²) in [6, 6.07) is 21.3. The van der Waals surface area contributed by atoms with Crippen molar-refractivity contribution in [3.05, 3.63) is 88.3 Å². The number of anilines is 2. The maximum atomic E-state index is 12.8. The summed E-state index contributed by atoms with van der Waals surface area (Å²) in [5.74, 6) is 0.309. The molecule has 170 valence electrons. The van der Waals surface area contributed by atoms with Gasteiger partial charge >= 0.3 is 0 Å². The molecular weight excluding hydrogens is 480 g/mol. The van der Waals surface area contributed by atoms with Gasteiger partial charge < -0.3 is 10.1 Å². The van der Waals surface area contributed by atoms with Crippen molar-refractivity contribution in [1.82, 2.24) is 0 Å². The number of hydrogen-bond acceptors (Lipinski definition) is 5. The van der Waals surface area contributed by atoms with Crippen molar-refractivity contribution in [3.63, 3.8) is 0 Å². The van der Waals surface area contributed by atoms with E-state index < -0.39 is 10.0 Å². The first-order valence-electron chi connectivity index (χ1n) is 9.95. The van der Waals surface area contributed by atoms with Gasteiger partial charge in [-0.05, 0) is 59.5 Å². The second-order valence-corrected chi connectivity index (χ2v) is 10.8. The van der Waals surface area contributed by atoms with E-state index in [4.69, 9.17) is 16.3 Å². The summed E-state index contributed by atoms with van der Waals surface area (Å²) < 4.78 is 32.6. The minimum absolute atomic E-state index is 0.173. The number of ether oxygens (including phenoxy) is 1. The molecule has 0 saturated carbocycles. The zero-order chi connectivity index (χ0) is 23.6. The van der Waals surface area contributed by atoms with Crippen LogP contribution in [0.4, 0.5) is 11.4 Å². The van der Waals surface area contributed by atoms with Crippen LogP contribution in [0, 0.1) is 0 Å². The van der Waals surface area contributed by atoms with Gasteiger partial charge in [0.25, 0.3) is 5.91 Å². The number of amides is 1. The zero-order valence-corrected chi connectivity index (χ0v) is 20.3. The Bertz CT molecular complexity index is 1420. The summed E-state index contributed by atoms with van der Waals surface area (Å²) in [6.45, 7) is 0.173. The Balaban J connectivity index is 1.63. The molecule has 1 heterocycles. The van der Waals surface area contributed by atoms with Gasteiger partial charge in [-0.2, -0.15) is 0 Å². The number of sulfonamides is 1. The summed E-state index contributed by atoms with van der Waals surface area (Å²) in [7, 11) is -2.00. The average molecular weight is 501 g/mol. The van der Waals surface area contributed by atoms with Crippen molar-refractivity contribution in [3.8, 4) is 5.75 Å². The van der Waals surface area contributed by atoms with E-state index in [-0.39, 0.29) is 12.5 Å². The van der Waals surface area contributed by atoms with Crippen LogP contribution in [0.2, 0.25) is 5.02 Å². The van der Waals surface area contributed by atoms with Crippen molar-refractivity contribution >= 4 is 60.3 Å². The maximum absolute atomic E-state index is 12.8. The highest BCUT2D eigenvalue weighted by Crippen LogP contribution is 2.32. The molecule has 0 aliphatic rings. The monoisotopic (exact) mass is 500 g/mol. The van der Waals surface area contributed by atoms with Gasteiger partial charge in [0.05, 0.1) is 36.2 Å². The molecule has 4 rings (SSSR count). The fraction of sp³-hybridized carbons (Fsp3) is 0.125. The number of carbonyl (C=O) groups is 1. The van der Waals surface area contributed by atoms with Crippen LogP contribution in [0.25, 0.3) is 10.1 Å². The van der Waals surface area contributed by atoms with E-state index in [9.17, 15) is 13.2 Å². The Morgan fingerprint density at radius 3 is 2.48 bits per heavy atom. The third-order valence-corrected chi connectivity index (χ3v) is 7.51. The van der Waals surface area contributed by atoms with E-state index >= 15 is 0 Å². The molecule has 3 aromatic carbocycles. The summed E-state index contributed by atoms with van der Waals surface area (Å²) in [6.07, 6.45) is 1.17. The van der Waals surface area contributed by atoms with Crippen LogP contribution < -0.4 is 14.4 Å². The molecule has 0 unspecified atom stereocenters. The molecule has 0 atom stereocenters. The lowest BCUT2D eigenvalue weighted by Crippen LogP contribution is -2.29. The Morgan fingerprint density at radius 2 is 1.79 bits per heavy atom. The highest BCUT2D eigenvalue weighted by molar-refractivity contribution is 7.92. The largest absolute Gasteiger partial charge is 0.495 e. The van der Waals surface area contributed by atoms with Gasteiger partial charge in [-0.15, -0.1) is 11.3 Å². The number of carbonyl (C=O) groups excluding carboxylic acids is 1. The number of nitrogens with one attached hydrogen (secondary N) is 1. The second kappa shape index (κ2) is 9.43. The number of nitrogens with zero attached hydrogens (tertiary/aromatic N) is 1. The van der Waals surface area contributed by atoms with Gasteiger partial charge in [0.1, 0.15) is 5.75 Å². The minimum Gasteiger partial charge on any atom is -0.495 e. The molecule has 0 radical (unpaired) electrons. The van der Waals surface area contributed by atoms with Gasteiger partial charge in [0.2, 0.25) is 10.0 Å². The van der Waals surface area contributed by atoms with E-state index in [1.54, 1.807) is 61.7 Å². The molecule has 0 aliphatic carbocycles. The highest BCUT2D eigenvalue weighted by Gasteiger charge is 2.20. The van der Waals surface area contributed by atoms with Crippen molar-refractivity contribution in [2.24, 2.45) is 0 Å². The van der Waals surface area contributed by atoms with Crippen molar-refractivity contribution in [2.75, 3.05) is 23.0 Å². The van der Waals surface area contributed by atoms with E-state index in [1.807, 2.05) is 18.2 Å². The molecule has 9 heteroatoms. The molecule has 4 aromatic rings. The molecule has 0 saturated heterocycles. The van der Waals surface area contributed by atoms with Crippen LogP contribution in [0.3, 0.4) is 0 Å². The minimum atomic E-state index is -3.54. The smallest absolute Gasteiger partial charge is 0.265 e. The van der Waals surface area contributed by atoms with Gasteiger partial charge in [0.15, 0.2) is 0 Å². The first-order valence-corrected chi connectivity index (χ1v) is 13.0. The van der Waals surface area contributed by atoms with Gasteiger partial charge in [-0.25, -0.2) is 8.42 Å². The van der Waals surface area contributed by atoms with Crippen LogP contribution in [-0.4, -0.2) is 27.7 Å². The van der Waals surface area contributed by atoms with E-state index in [0.717, 1.165) is 15.6 Å². The Morgan fingerprint density at radius 1 is 1.06 bits per heavy atom. The molecule has 1 aromatic heterocycles. The Labute approximate surface area is 201 Å². The molecule has 0 fully saturated rings. The van der Waals surface area contributed by atoms with Crippen LogP contribution >= 0.6 is 22.9 Å². The number of rotatable bonds is 7. The van der Waals surface area contributed by atoms with Gasteiger partial charge in [-0.3, -0.25) is 9.10 Å². The lowest BCUT2D eigenvalue weighted by atomic mass is 10.2. The molecule has 6 nitrogen and oxygen atoms in total. The second-order valence-electron chi connectivity index (χ2n) is 7.38. The number of thiophene rings is 1. The highest BCUT2D eigenvalue weighted by atomic mass is 35.5. The number of hydrogen-bond donors (Lipinski definition) is 1. The molecule has 33 heavy (non-hydrogen) atoms. The predicted octanol–water partition coefficient (Wildman–Crippen LogP) is 5.78. The molecular formula is C24H21ClN2O4S2. The first kappa shape index (κ1) is 23.1. The quantitative estimate of drug-likeness (QED) is 0.349. The first-order chi connectivity index (χ1) is 15.7. The number of halogens is 1. The summed E-state index contributed by atoms with van der Waals surface area (Å²) >= 11 is 7.28. The lowest BCUT2D eigenvalue weighted by Gasteiger charge is -2.22. The number of methoxy groups -OCH3 is 1. The summed E-state index contributed by atoms with van der Waals surface area (Å²) in [4.78, 5) is 13.3. The van der Waals surface area contributed by atoms with Crippen molar-refractivity contribution in [2.45, 2.75) is 6.54 Å². The molecule has 1 amide bonds. The van der Waals surface area contributed by atoms with Gasteiger partial charge in [0, 0.05) is 9.72 Å². The average Bonchev–Trinajstić information content (AvgIpc) is 3.22. The zero-order valence-electron chi connectivity index (χ0n) is 17.9. The van der Waals surface area contributed by atoms with Crippen molar-refractivity contribution < 1.29 is 17.9 Å². The molecule has 0 bridgehead atoms. The predicted molar refractivity (Wildman–Crippen MR) is 135 cm³/mol. The topological polar surface area (TPSA) is 75.7 Å². The molecule has 1 N–H and O–H groups in total. The summed E-state index contributed by atoms with van der Waals surface area (Å²) in [5.41, 5.74) is 1.91. The van der Waals surface area contributed by atoms with Crippen LogP contribution in [0.15, 0.2) is 72.8 Å². The number of benzene rings is 3. The Hall–Kier alpha value is -3.07. The van der Waals surface area contributed by atoms with E-state index in [0.29, 0.717) is 27.0 Å². The maximum Gasteiger partial charge on any atom is 0.265 e. The van der Waals surface area contributed by atoms with Crippen LogP contribution in [0.5, 0.6) is 5.75 Å². The van der Waals surface area contributed by atoms with Crippen LogP contribution in [0.1, 0.15) is 15.2 Å². The fourth-order valence-electron chi connectivity index (χ4n) is 3.39.